The van der Waals surface area contributed by atoms with Crippen molar-refractivity contribution in [1.82, 2.24) is 14.8 Å². The quantitative estimate of drug-likeness (QED) is 0.259. The Balaban J connectivity index is 1.72. The van der Waals surface area contributed by atoms with Gasteiger partial charge in [0.2, 0.25) is 9.84 Å². The first-order chi connectivity index (χ1) is 18.7. The van der Waals surface area contributed by atoms with Crippen molar-refractivity contribution in [2.45, 2.75) is 42.2 Å². The molecule has 1 amide bonds. The van der Waals surface area contributed by atoms with E-state index in [0.29, 0.717) is 21.9 Å². The van der Waals surface area contributed by atoms with Crippen LogP contribution in [0.1, 0.15) is 38.0 Å². The van der Waals surface area contributed by atoms with E-state index in [1.54, 1.807) is 4.68 Å². The van der Waals surface area contributed by atoms with E-state index in [0.717, 1.165) is 30.6 Å². The summed E-state index contributed by atoms with van der Waals surface area (Å²) in [5.74, 6) is -0.422. The molecule has 3 aromatic heterocycles. The minimum Gasteiger partial charge on any atom is -0.711 e. The molecule has 0 spiro atoms. The van der Waals surface area contributed by atoms with Gasteiger partial charge in [-0.3, -0.25) is 0 Å². The average Bonchev–Trinajstić information content (AvgIpc) is 3.56. The second-order valence-corrected chi connectivity index (χ2v) is 12.1. The van der Waals surface area contributed by atoms with Gasteiger partial charge >= 0.3 is 5.91 Å². The summed E-state index contributed by atoms with van der Waals surface area (Å²) in [6.45, 7) is 1.84. The Morgan fingerprint density at radius 3 is 2.72 bits per heavy atom. The maximum Gasteiger partial charge on any atom is 0.304 e. The third-order valence-corrected chi connectivity index (χ3v) is 9.47. The summed E-state index contributed by atoms with van der Waals surface area (Å²) in [5, 5.41) is 29.7. The lowest BCUT2D eigenvalue weighted by Crippen LogP contribution is -2.31. The van der Waals surface area contributed by atoms with Crippen molar-refractivity contribution >= 4 is 44.5 Å². The van der Waals surface area contributed by atoms with Gasteiger partial charge in [-0.05, 0) is 49.6 Å². The number of hydrogen-bond acceptors (Lipinski definition) is 9. The number of rotatable bonds is 6. The highest BCUT2D eigenvalue weighted by Gasteiger charge is 2.33. The molecule has 1 saturated heterocycles. The van der Waals surface area contributed by atoms with E-state index in [-0.39, 0.29) is 43.0 Å². The highest BCUT2D eigenvalue weighted by atomic mass is 35.5. The van der Waals surface area contributed by atoms with Crippen LogP contribution >= 0.6 is 22.9 Å². The van der Waals surface area contributed by atoms with Gasteiger partial charge in [-0.15, -0.1) is 16.4 Å². The third-order valence-electron chi connectivity index (χ3n) is 6.02. The summed E-state index contributed by atoms with van der Waals surface area (Å²) in [5.41, 5.74) is 0.230. The Hall–Kier alpha value is -3.83. The van der Waals surface area contributed by atoms with Crippen LogP contribution in [0.2, 0.25) is 5.02 Å². The first-order valence-corrected chi connectivity index (χ1v) is 14.5. The normalized spacial score (nSPS) is 15.6. The van der Waals surface area contributed by atoms with Crippen molar-refractivity contribution in [3.05, 3.63) is 64.7 Å². The van der Waals surface area contributed by atoms with Crippen LogP contribution in [0.4, 0.5) is 5.82 Å². The Labute approximate surface area is 232 Å². The van der Waals surface area contributed by atoms with Crippen molar-refractivity contribution < 1.29 is 22.7 Å². The van der Waals surface area contributed by atoms with Crippen LogP contribution in [0.3, 0.4) is 0 Å². The topological polar surface area (TPSA) is 154 Å². The fourth-order valence-corrected chi connectivity index (χ4v) is 7.41. The number of ether oxygens (including phenoxy) is 1. The predicted octanol–water partition coefficient (Wildman–Crippen LogP) is 4.32. The number of carbonyl (C=O) groups is 1. The number of carbonyl (C=O) groups excluding carboxylic acids is 1. The number of aromatic nitrogens is 4. The molecule has 1 aromatic carbocycles. The number of hydrogen-bond donors (Lipinski definition) is 1. The Bertz CT molecular complexity index is 1700. The van der Waals surface area contributed by atoms with Gasteiger partial charge < -0.3 is 9.94 Å². The van der Waals surface area contributed by atoms with Crippen molar-refractivity contribution in [2.75, 3.05) is 11.9 Å². The zero-order valence-electron chi connectivity index (χ0n) is 20.5. The summed E-state index contributed by atoms with van der Waals surface area (Å²) in [7, 11) is -4.25. The second-order valence-electron chi connectivity index (χ2n) is 8.71. The summed E-state index contributed by atoms with van der Waals surface area (Å²) >= 11 is 6.98. The molecule has 0 saturated carbocycles. The molecule has 4 aromatic rings. The molecule has 200 valence electrons. The Kier molecular flexibility index (Phi) is 7.37. The Morgan fingerprint density at radius 1 is 1.28 bits per heavy atom. The van der Waals surface area contributed by atoms with Gasteiger partial charge in [-0.2, -0.15) is 5.26 Å². The van der Waals surface area contributed by atoms with Crippen LogP contribution in [0.15, 0.2) is 58.7 Å². The molecule has 0 radical (unpaired) electrons. The minimum absolute atomic E-state index is 0.0616. The number of anilines is 1. The van der Waals surface area contributed by atoms with E-state index in [2.05, 4.69) is 15.4 Å². The molecule has 0 bridgehead atoms. The number of nitrogens with one attached hydrogen (secondary N) is 1. The summed E-state index contributed by atoms with van der Waals surface area (Å²) in [6, 6.07) is 10.5. The van der Waals surface area contributed by atoms with Crippen LogP contribution in [-0.4, -0.2) is 35.7 Å². The molecule has 5 rings (SSSR count). The van der Waals surface area contributed by atoms with E-state index in [1.165, 1.54) is 55.8 Å². The van der Waals surface area contributed by atoms with Gasteiger partial charge in [0, 0.05) is 30.2 Å². The molecule has 0 aliphatic carbocycles. The van der Waals surface area contributed by atoms with Crippen LogP contribution in [0.5, 0.6) is 0 Å². The zero-order valence-corrected chi connectivity index (χ0v) is 22.9. The monoisotopic (exact) mass is 584 g/mol. The molecule has 4 heterocycles. The van der Waals surface area contributed by atoms with Gasteiger partial charge in [0.1, 0.15) is 17.3 Å². The van der Waals surface area contributed by atoms with Crippen LogP contribution in [-0.2, 0) is 19.4 Å². The summed E-state index contributed by atoms with van der Waals surface area (Å²) in [6.07, 6.45) is 4.97. The van der Waals surface area contributed by atoms with Gasteiger partial charge in [-0.1, -0.05) is 11.6 Å². The first-order valence-electron chi connectivity index (χ1n) is 11.8. The van der Waals surface area contributed by atoms with Gasteiger partial charge in [0.15, 0.2) is 12.1 Å². The molecular weight excluding hydrogens is 564 g/mol. The maximum absolute atomic E-state index is 14.0. The Morgan fingerprint density at radius 2 is 2.05 bits per heavy atom. The van der Waals surface area contributed by atoms with Gasteiger partial charge in [0.25, 0.3) is 5.82 Å². The maximum atomic E-state index is 14.0. The average molecular weight is 585 g/mol. The number of sulfone groups is 1. The van der Waals surface area contributed by atoms with Crippen molar-refractivity contribution in [3.63, 3.8) is 0 Å². The van der Waals surface area contributed by atoms with E-state index >= 15 is 0 Å². The number of nitriles is 1. The lowest BCUT2D eigenvalue weighted by molar-refractivity contribution is -0.589. The van der Waals surface area contributed by atoms with Crippen LogP contribution < -0.4 is 10.0 Å². The van der Waals surface area contributed by atoms with Gasteiger partial charge in [-0.25, -0.2) is 32.9 Å². The van der Waals surface area contributed by atoms with E-state index in [4.69, 9.17) is 16.3 Å². The van der Waals surface area contributed by atoms with E-state index < -0.39 is 15.7 Å². The lowest BCUT2D eigenvalue weighted by Gasteiger charge is -2.21. The molecule has 1 fully saturated rings. The molecule has 1 N–H and O–H groups in total. The van der Waals surface area contributed by atoms with Crippen molar-refractivity contribution in [1.29, 1.82) is 5.26 Å². The molecule has 1 aliphatic rings. The molecule has 1 aliphatic heterocycles. The molecule has 1 atom stereocenters. The SMILES string of the molecule is CC(=O)Nc1cc(-c2sc(-c3ncn(C4CCCCO4)n3)c(S(=O)(=O)c3ccc(Cl)cc3)c2C#N)cc[n+]1[O-]. The zero-order chi connectivity index (χ0) is 27.7. The fraction of sp³-hybridized carbons (Fsp3) is 0.240. The summed E-state index contributed by atoms with van der Waals surface area (Å²) < 4.78 is 35.7. The highest BCUT2D eigenvalue weighted by molar-refractivity contribution is 7.92. The third kappa shape index (κ3) is 5.24. The lowest BCUT2D eigenvalue weighted by atomic mass is 10.1. The van der Waals surface area contributed by atoms with Crippen LogP contribution in [0.25, 0.3) is 21.1 Å². The number of amides is 1. The minimum atomic E-state index is -4.25. The molecule has 39 heavy (non-hydrogen) atoms. The van der Waals surface area contributed by atoms with Crippen molar-refractivity contribution in [3.8, 4) is 27.2 Å². The molecule has 11 nitrogen and oxygen atoms in total. The molecule has 1 unspecified atom stereocenters. The largest absolute Gasteiger partial charge is 0.711 e. The number of thiophene rings is 1. The smallest absolute Gasteiger partial charge is 0.304 e. The van der Waals surface area contributed by atoms with E-state index in [1.807, 2.05) is 6.07 Å². The number of nitrogens with zero attached hydrogens (tertiary/aromatic N) is 5. The highest BCUT2D eigenvalue weighted by Crippen LogP contribution is 2.45. The number of pyridine rings is 1. The predicted molar refractivity (Wildman–Crippen MR) is 142 cm³/mol. The van der Waals surface area contributed by atoms with Crippen LogP contribution in [0, 0.1) is 16.5 Å². The molecular formula is C25H21ClN6O5S2. The number of halogens is 1. The standard InChI is InChI=1S/C25H21ClN6O5S2/c1-15(33)29-20-12-16(9-10-32(20)34)22-19(13-27)24(39(35,36)18-7-5-17(26)6-8-18)23(38-22)25-28-14-31(30-25)21-4-2-3-11-37-21/h5-10,12,14,21H,2-4,11H2,1H3,(H,29,33). The van der Waals surface area contributed by atoms with E-state index in [9.17, 15) is 23.7 Å². The second kappa shape index (κ2) is 10.7. The number of benzene rings is 1. The fourth-order valence-electron chi connectivity index (χ4n) is 4.21. The summed E-state index contributed by atoms with van der Waals surface area (Å²) in [4.78, 5) is 16.1. The van der Waals surface area contributed by atoms with Crippen molar-refractivity contribution in [2.24, 2.45) is 0 Å². The molecule has 14 heteroatoms. The first kappa shape index (κ1) is 26.8. The van der Waals surface area contributed by atoms with Gasteiger partial charge in [0.05, 0.1) is 26.4 Å².